The molecule has 3 aromatic rings. The smallest absolute Gasteiger partial charge is 0.328 e. The van der Waals surface area contributed by atoms with E-state index in [2.05, 4.69) is 25.6 Å². The zero-order valence-corrected chi connectivity index (χ0v) is 15.8. The van der Waals surface area contributed by atoms with Crippen LogP contribution in [0.25, 0.3) is 11.0 Å². The molecule has 2 heterocycles. The summed E-state index contributed by atoms with van der Waals surface area (Å²) in [5.74, 6) is -0.854. The van der Waals surface area contributed by atoms with Gasteiger partial charge in [0, 0.05) is 18.6 Å². The quantitative estimate of drug-likeness (QED) is 0.666. The molecule has 0 aliphatic heterocycles. The number of imidazole rings is 1. The van der Waals surface area contributed by atoms with Crippen molar-refractivity contribution < 1.29 is 17.7 Å². The summed E-state index contributed by atoms with van der Waals surface area (Å²) in [6.07, 6.45) is 1.07. The van der Waals surface area contributed by atoms with Gasteiger partial charge in [-0.15, -0.1) is 0 Å². The van der Waals surface area contributed by atoms with E-state index in [0.29, 0.717) is 11.0 Å². The molecule has 0 bridgehead atoms. The highest BCUT2D eigenvalue weighted by atomic mass is 79.9. The third kappa shape index (κ3) is 2.78. The Hall–Kier alpha value is -2.40. The topological polar surface area (TPSA) is 116 Å². The van der Waals surface area contributed by atoms with Crippen molar-refractivity contribution in [2.45, 2.75) is 11.8 Å². The first-order valence-corrected chi connectivity index (χ1v) is 9.24. The number of aryl methyl sites for hydroxylation is 3. The monoisotopic (exact) mass is 428 g/mol. The highest BCUT2D eigenvalue weighted by Crippen LogP contribution is 2.27. The van der Waals surface area contributed by atoms with Crippen LogP contribution in [0, 0.1) is 6.92 Å². The standard InChI is InChI=1S/C14H13BrN4O5S/c1-7-8(6-24-16-7)13(20)17-25(22,23)12-5-11-10(4-9(12)15)18(2)14(21)19(11)3/h4-6H,1-3H3,(H,17,20). The molecule has 0 unspecified atom stereocenters. The molecule has 0 aliphatic rings. The summed E-state index contributed by atoms with van der Waals surface area (Å²) in [6, 6.07) is 2.84. The van der Waals surface area contributed by atoms with Crippen LogP contribution in [0.4, 0.5) is 0 Å². The van der Waals surface area contributed by atoms with Gasteiger partial charge in [0.05, 0.1) is 16.7 Å². The minimum atomic E-state index is -4.19. The first-order valence-electron chi connectivity index (χ1n) is 6.96. The molecule has 1 amide bonds. The number of nitrogens with one attached hydrogen (secondary N) is 1. The Bertz CT molecular complexity index is 1170. The van der Waals surface area contributed by atoms with Gasteiger partial charge in [0.2, 0.25) is 0 Å². The predicted octanol–water partition coefficient (Wildman–Crippen LogP) is 1.05. The summed E-state index contributed by atoms with van der Waals surface area (Å²) in [5, 5.41) is 3.54. The molecule has 0 spiro atoms. The van der Waals surface area contributed by atoms with Crippen molar-refractivity contribution in [1.29, 1.82) is 0 Å². The van der Waals surface area contributed by atoms with Gasteiger partial charge in [-0.2, -0.15) is 0 Å². The van der Waals surface area contributed by atoms with Crippen molar-refractivity contribution in [3.63, 3.8) is 0 Å². The van der Waals surface area contributed by atoms with Gasteiger partial charge >= 0.3 is 5.69 Å². The SMILES string of the molecule is Cc1nocc1C(=O)NS(=O)(=O)c1cc2c(cc1Br)n(C)c(=O)n2C. The van der Waals surface area contributed by atoms with Gasteiger partial charge in [-0.05, 0) is 35.0 Å². The lowest BCUT2D eigenvalue weighted by molar-refractivity contribution is 0.0980. The maximum absolute atomic E-state index is 12.6. The molecule has 0 radical (unpaired) electrons. The highest BCUT2D eigenvalue weighted by Gasteiger charge is 2.25. The Morgan fingerprint density at radius 3 is 2.40 bits per heavy atom. The fourth-order valence-electron chi connectivity index (χ4n) is 2.45. The maximum Gasteiger partial charge on any atom is 0.328 e. The molecule has 9 nitrogen and oxygen atoms in total. The summed E-state index contributed by atoms with van der Waals surface area (Å²) < 4.78 is 34.8. The highest BCUT2D eigenvalue weighted by molar-refractivity contribution is 9.10. The second-order valence-corrected chi connectivity index (χ2v) is 7.93. The Kier molecular flexibility index (Phi) is 4.07. The molecule has 0 fully saturated rings. The average molecular weight is 429 g/mol. The fourth-order valence-corrected chi connectivity index (χ4v) is 4.47. The van der Waals surface area contributed by atoms with Crippen LogP contribution in [-0.2, 0) is 24.1 Å². The second kappa shape index (κ2) is 5.85. The summed E-state index contributed by atoms with van der Waals surface area (Å²) in [7, 11) is -1.06. The van der Waals surface area contributed by atoms with Crippen molar-refractivity contribution in [2.24, 2.45) is 14.1 Å². The third-order valence-corrected chi connectivity index (χ3v) is 6.13. The van der Waals surface area contributed by atoms with E-state index in [-0.39, 0.29) is 26.3 Å². The number of hydrogen-bond acceptors (Lipinski definition) is 6. The van der Waals surface area contributed by atoms with Crippen LogP contribution < -0.4 is 10.4 Å². The van der Waals surface area contributed by atoms with Gasteiger partial charge in [0.25, 0.3) is 15.9 Å². The van der Waals surface area contributed by atoms with Gasteiger partial charge in [-0.1, -0.05) is 5.16 Å². The molecule has 0 atom stereocenters. The lowest BCUT2D eigenvalue weighted by atomic mass is 10.3. The van der Waals surface area contributed by atoms with Gasteiger partial charge in [-0.25, -0.2) is 17.9 Å². The summed E-state index contributed by atoms with van der Waals surface area (Å²) in [5.41, 5.74) is 0.977. The normalized spacial score (nSPS) is 11.8. The van der Waals surface area contributed by atoms with Crippen molar-refractivity contribution in [3.05, 3.63) is 44.6 Å². The number of fused-ring (bicyclic) bond motifs is 1. The van der Waals surface area contributed by atoms with E-state index >= 15 is 0 Å². The molecule has 1 N–H and O–H groups in total. The maximum atomic E-state index is 12.6. The molecule has 0 saturated heterocycles. The first-order chi connectivity index (χ1) is 11.6. The number of benzene rings is 1. The van der Waals surface area contributed by atoms with Crippen LogP contribution in [-0.4, -0.2) is 28.6 Å². The second-order valence-electron chi connectivity index (χ2n) is 5.42. The van der Waals surface area contributed by atoms with Crippen LogP contribution >= 0.6 is 15.9 Å². The Morgan fingerprint density at radius 2 is 1.84 bits per heavy atom. The summed E-state index contributed by atoms with van der Waals surface area (Å²) in [6.45, 7) is 1.52. The largest absolute Gasteiger partial charge is 0.364 e. The van der Waals surface area contributed by atoms with Crippen LogP contribution in [0.3, 0.4) is 0 Å². The number of amides is 1. The van der Waals surface area contributed by atoms with Crippen LogP contribution in [0.15, 0.2) is 37.1 Å². The van der Waals surface area contributed by atoms with E-state index in [9.17, 15) is 18.0 Å². The Labute approximate surface area is 150 Å². The Morgan fingerprint density at radius 1 is 1.24 bits per heavy atom. The Balaban J connectivity index is 2.10. The first kappa shape index (κ1) is 17.4. The number of hydrogen-bond donors (Lipinski definition) is 1. The van der Waals surface area contributed by atoms with Crippen molar-refractivity contribution in [1.82, 2.24) is 19.0 Å². The molecule has 0 saturated carbocycles. The van der Waals surface area contributed by atoms with E-state index < -0.39 is 15.9 Å². The molecular weight excluding hydrogens is 416 g/mol. The fraction of sp³-hybridized carbons (Fsp3) is 0.214. The lowest BCUT2D eigenvalue weighted by Crippen LogP contribution is -2.31. The number of aromatic nitrogens is 3. The van der Waals surface area contributed by atoms with Crippen molar-refractivity contribution in [2.75, 3.05) is 0 Å². The van der Waals surface area contributed by atoms with Crippen molar-refractivity contribution in [3.8, 4) is 0 Å². The van der Waals surface area contributed by atoms with Crippen molar-refractivity contribution >= 4 is 42.9 Å². The van der Waals surface area contributed by atoms with E-state index in [1.54, 1.807) is 7.05 Å². The summed E-state index contributed by atoms with van der Waals surface area (Å²) >= 11 is 3.19. The molecule has 25 heavy (non-hydrogen) atoms. The van der Waals surface area contributed by atoms with E-state index in [4.69, 9.17) is 0 Å². The molecule has 11 heteroatoms. The molecule has 132 valence electrons. The number of sulfonamides is 1. The van der Waals surface area contributed by atoms with Crippen LogP contribution in [0.1, 0.15) is 16.1 Å². The van der Waals surface area contributed by atoms with E-state index in [1.807, 2.05) is 4.72 Å². The summed E-state index contributed by atoms with van der Waals surface area (Å²) in [4.78, 5) is 24.0. The lowest BCUT2D eigenvalue weighted by Gasteiger charge is -2.09. The number of nitrogens with zero attached hydrogens (tertiary/aromatic N) is 3. The number of carbonyl (C=O) groups is 1. The van der Waals surface area contributed by atoms with E-state index in [0.717, 1.165) is 6.26 Å². The van der Waals surface area contributed by atoms with Gasteiger partial charge in [0.1, 0.15) is 16.7 Å². The number of rotatable bonds is 3. The number of halogens is 1. The molecular formula is C14H13BrN4O5S. The molecule has 3 rings (SSSR count). The van der Waals surface area contributed by atoms with Crippen LogP contribution in [0.5, 0.6) is 0 Å². The van der Waals surface area contributed by atoms with Gasteiger partial charge in [-0.3, -0.25) is 13.9 Å². The molecule has 2 aromatic heterocycles. The predicted molar refractivity (Wildman–Crippen MR) is 91.8 cm³/mol. The van der Waals surface area contributed by atoms with E-state index in [1.165, 1.54) is 35.2 Å². The molecule has 1 aromatic carbocycles. The van der Waals surface area contributed by atoms with Crippen LogP contribution in [0.2, 0.25) is 0 Å². The minimum Gasteiger partial charge on any atom is -0.364 e. The average Bonchev–Trinajstić information content (AvgIpc) is 3.05. The van der Waals surface area contributed by atoms with Gasteiger partial charge in [0.15, 0.2) is 0 Å². The zero-order chi connectivity index (χ0) is 18.5. The minimum absolute atomic E-state index is 0.0212. The third-order valence-electron chi connectivity index (χ3n) is 3.84. The number of carbonyl (C=O) groups excluding carboxylic acids is 1. The zero-order valence-electron chi connectivity index (χ0n) is 13.4. The molecule has 0 aliphatic carbocycles. The van der Waals surface area contributed by atoms with Gasteiger partial charge < -0.3 is 4.52 Å².